The summed E-state index contributed by atoms with van der Waals surface area (Å²) in [5, 5.41) is 0.886. The summed E-state index contributed by atoms with van der Waals surface area (Å²) in [5.74, 6) is 0.835. The number of hydrogen-bond donors (Lipinski definition) is 0. The zero-order valence-electron chi connectivity index (χ0n) is 19.2. The number of nitrogens with zero attached hydrogens (tertiary/aromatic N) is 7. The molecular formula is C26H23N7OS. The first-order valence-electron chi connectivity index (χ1n) is 11.0. The maximum atomic E-state index is 5.26. The monoisotopic (exact) mass is 481 g/mol. The van der Waals surface area contributed by atoms with Crippen molar-refractivity contribution in [1.29, 1.82) is 0 Å². The van der Waals surface area contributed by atoms with E-state index in [1.165, 1.54) is 12.7 Å². The Morgan fingerprint density at radius 3 is 2.06 bits per heavy atom. The molecule has 0 spiro atoms. The molecule has 8 nitrogen and oxygen atoms in total. The predicted octanol–water partition coefficient (Wildman–Crippen LogP) is 4.66. The highest BCUT2D eigenvalue weighted by molar-refractivity contribution is 7.18. The van der Waals surface area contributed by atoms with Gasteiger partial charge in [0, 0.05) is 61.7 Å². The van der Waals surface area contributed by atoms with Gasteiger partial charge in [-0.15, -0.1) is 11.3 Å². The van der Waals surface area contributed by atoms with Gasteiger partial charge in [-0.1, -0.05) is 6.07 Å². The molecule has 0 unspecified atom stereocenters. The molecule has 9 heteroatoms. The summed E-state index contributed by atoms with van der Waals surface area (Å²) in [6.45, 7) is 2.01. The highest BCUT2D eigenvalue weighted by Gasteiger charge is 2.13. The summed E-state index contributed by atoms with van der Waals surface area (Å²) in [5.41, 5.74) is 4.98. The minimum absolute atomic E-state index is 0.647. The van der Waals surface area contributed by atoms with Crippen LogP contribution in [-0.4, -0.2) is 41.9 Å². The summed E-state index contributed by atoms with van der Waals surface area (Å²) in [4.78, 5) is 29.5. The molecule has 0 aliphatic carbocycles. The number of rotatable bonds is 9. The smallest absolute Gasteiger partial charge is 0.142 e. The Kier molecular flexibility index (Phi) is 7.07. The molecule has 1 aromatic carbocycles. The molecule has 174 valence electrons. The lowest BCUT2D eigenvalue weighted by molar-refractivity contribution is 0.243. The molecular weight excluding hydrogens is 458 g/mol. The molecule has 0 saturated carbocycles. The van der Waals surface area contributed by atoms with Crippen LogP contribution in [-0.2, 0) is 19.6 Å². The number of pyridine rings is 1. The number of aromatic nitrogens is 6. The van der Waals surface area contributed by atoms with Crippen LogP contribution in [0.2, 0.25) is 0 Å². The Bertz CT molecular complexity index is 1320. The Hall–Kier alpha value is -4.08. The van der Waals surface area contributed by atoms with E-state index in [4.69, 9.17) is 9.72 Å². The van der Waals surface area contributed by atoms with Crippen LogP contribution in [0, 0.1) is 0 Å². The summed E-state index contributed by atoms with van der Waals surface area (Å²) in [6, 6.07) is 14.1. The van der Waals surface area contributed by atoms with Crippen molar-refractivity contribution < 1.29 is 4.74 Å². The first-order valence-corrected chi connectivity index (χ1v) is 11.8. The van der Waals surface area contributed by atoms with E-state index in [2.05, 4.69) is 29.8 Å². The second-order valence-electron chi connectivity index (χ2n) is 7.91. The lowest BCUT2D eigenvalue weighted by atomic mass is 10.2. The summed E-state index contributed by atoms with van der Waals surface area (Å²) in [7, 11) is 1.67. The molecule has 0 radical (unpaired) electrons. The number of methoxy groups -OCH3 is 1. The SMILES string of the molecule is COc1ccc(-c2cnc(-c3cccc(CN(Cc4cncnc4)Cc4cncnc4)n3)s2)cc1. The molecule has 0 amide bonds. The van der Waals surface area contributed by atoms with Gasteiger partial charge in [-0.25, -0.2) is 29.9 Å². The molecule has 4 aromatic heterocycles. The molecule has 4 heterocycles. The first kappa shape index (κ1) is 22.7. The topological polar surface area (TPSA) is 89.8 Å². The van der Waals surface area contributed by atoms with E-state index >= 15 is 0 Å². The molecule has 35 heavy (non-hydrogen) atoms. The summed E-state index contributed by atoms with van der Waals surface area (Å²) < 4.78 is 5.26. The highest BCUT2D eigenvalue weighted by atomic mass is 32.1. The number of ether oxygens (including phenoxy) is 1. The van der Waals surface area contributed by atoms with Gasteiger partial charge in [0.1, 0.15) is 23.4 Å². The average Bonchev–Trinajstić information content (AvgIpc) is 3.41. The van der Waals surface area contributed by atoms with Crippen molar-refractivity contribution in [3.63, 3.8) is 0 Å². The molecule has 5 rings (SSSR count). The van der Waals surface area contributed by atoms with Crippen molar-refractivity contribution in [1.82, 2.24) is 34.8 Å². The van der Waals surface area contributed by atoms with E-state index in [1.54, 1.807) is 18.4 Å². The van der Waals surface area contributed by atoms with Gasteiger partial charge in [-0.05, 0) is 42.0 Å². The minimum atomic E-state index is 0.647. The van der Waals surface area contributed by atoms with E-state index in [9.17, 15) is 0 Å². The maximum Gasteiger partial charge on any atom is 0.142 e. The van der Waals surface area contributed by atoms with Gasteiger partial charge in [0.25, 0.3) is 0 Å². The van der Waals surface area contributed by atoms with Gasteiger partial charge in [0.2, 0.25) is 0 Å². The van der Waals surface area contributed by atoms with Crippen molar-refractivity contribution in [3.8, 4) is 26.9 Å². The Morgan fingerprint density at radius 2 is 1.43 bits per heavy atom. The second-order valence-corrected chi connectivity index (χ2v) is 8.94. The zero-order valence-corrected chi connectivity index (χ0v) is 20.0. The summed E-state index contributed by atoms with van der Waals surface area (Å²) >= 11 is 1.62. The molecule has 0 bridgehead atoms. The largest absolute Gasteiger partial charge is 0.497 e. The van der Waals surface area contributed by atoms with E-state index < -0.39 is 0 Å². The van der Waals surface area contributed by atoms with Gasteiger partial charge in [0.15, 0.2) is 0 Å². The van der Waals surface area contributed by atoms with Crippen LogP contribution in [0.5, 0.6) is 5.75 Å². The maximum absolute atomic E-state index is 5.26. The first-order chi connectivity index (χ1) is 17.3. The van der Waals surface area contributed by atoms with Gasteiger partial charge in [-0.3, -0.25) is 4.90 Å². The number of hydrogen-bond acceptors (Lipinski definition) is 9. The molecule has 0 atom stereocenters. The van der Waals surface area contributed by atoms with Gasteiger partial charge in [-0.2, -0.15) is 0 Å². The normalized spacial score (nSPS) is 11.0. The van der Waals surface area contributed by atoms with Crippen LogP contribution in [0.3, 0.4) is 0 Å². The fourth-order valence-electron chi connectivity index (χ4n) is 3.70. The Morgan fingerprint density at radius 1 is 0.771 bits per heavy atom. The lowest BCUT2D eigenvalue weighted by Gasteiger charge is -2.21. The second kappa shape index (κ2) is 10.9. The van der Waals surface area contributed by atoms with Crippen molar-refractivity contribution in [2.45, 2.75) is 19.6 Å². The third-order valence-electron chi connectivity index (χ3n) is 5.33. The van der Waals surface area contributed by atoms with Crippen molar-refractivity contribution in [2.75, 3.05) is 7.11 Å². The lowest BCUT2D eigenvalue weighted by Crippen LogP contribution is -2.23. The van der Waals surface area contributed by atoms with Crippen LogP contribution in [0.1, 0.15) is 16.8 Å². The third-order valence-corrected chi connectivity index (χ3v) is 6.40. The van der Waals surface area contributed by atoms with Crippen molar-refractivity contribution in [2.24, 2.45) is 0 Å². The molecule has 0 aliphatic rings. The molecule has 0 fully saturated rings. The predicted molar refractivity (Wildman–Crippen MR) is 134 cm³/mol. The summed E-state index contributed by atoms with van der Waals surface area (Å²) in [6.07, 6.45) is 12.3. The average molecular weight is 482 g/mol. The van der Waals surface area contributed by atoms with Crippen LogP contribution in [0.15, 0.2) is 86.1 Å². The Labute approximate surface area is 207 Å². The minimum Gasteiger partial charge on any atom is -0.497 e. The van der Waals surface area contributed by atoms with E-state index in [0.29, 0.717) is 19.6 Å². The van der Waals surface area contributed by atoms with Crippen LogP contribution in [0.4, 0.5) is 0 Å². The number of thiazole rings is 1. The van der Waals surface area contributed by atoms with Crippen LogP contribution < -0.4 is 4.74 Å². The standard InChI is InChI=1S/C26H23N7OS/c1-34-23-7-5-21(6-8-23)25-13-31-26(35-25)24-4-2-3-22(32-24)16-33(14-19-9-27-17-28-10-19)15-20-11-29-18-30-12-20/h2-13,17-18H,14-16H2,1H3. The Balaban J connectivity index is 1.36. The van der Waals surface area contributed by atoms with E-state index in [0.717, 1.165) is 43.7 Å². The van der Waals surface area contributed by atoms with Gasteiger partial charge in [0.05, 0.1) is 23.4 Å². The van der Waals surface area contributed by atoms with Crippen molar-refractivity contribution in [3.05, 3.63) is 103 Å². The quantitative estimate of drug-likeness (QED) is 0.300. The highest BCUT2D eigenvalue weighted by Crippen LogP contribution is 2.32. The van der Waals surface area contributed by atoms with Crippen LogP contribution >= 0.6 is 11.3 Å². The van der Waals surface area contributed by atoms with E-state index in [1.807, 2.05) is 73.4 Å². The molecule has 0 aliphatic heterocycles. The van der Waals surface area contributed by atoms with E-state index in [-0.39, 0.29) is 0 Å². The van der Waals surface area contributed by atoms with Crippen LogP contribution in [0.25, 0.3) is 21.1 Å². The fraction of sp³-hybridized carbons (Fsp3) is 0.154. The zero-order chi connectivity index (χ0) is 23.9. The molecule has 0 N–H and O–H groups in total. The molecule has 0 saturated heterocycles. The van der Waals surface area contributed by atoms with Gasteiger partial charge >= 0.3 is 0 Å². The third kappa shape index (κ3) is 5.89. The fourth-order valence-corrected chi connectivity index (χ4v) is 4.60. The molecule has 5 aromatic rings. The van der Waals surface area contributed by atoms with Crippen molar-refractivity contribution >= 4 is 11.3 Å². The number of benzene rings is 1. The van der Waals surface area contributed by atoms with Gasteiger partial charge < -0.3 is 4.74 Å².